The van der Waals surface area contributed by atoms with Crippen LogP contribution in [-0.2, 0) is 22.6 Å². The zero-order valence-corrected chi connectivity index (χ0v) is 13.9. The van der Waals surface area contributed by atoms with Crippen LogP contribution in [0.15, 0.2) is 54.2 Å². The number of methoxy groups -OCH3 is 1. The third-order valence-corrected chi connectivity index (χ3v) is 4.73. The zero-order chi connectivity index (χ0) is 17.4. The number of carbonyl (C=O) groups excluding carboxylic acids is 2. The number of hydrogen-bond acceptors (Lipinski definition) is 3. The molecule has 2 aliphatic heterocycles. The number of ether oxygens (including phenoxy) is 1. The van der Waals surface area contributed by atoms with Gasteiger partial charge >= 0.3 is 0 Å². The third-order valence-electron chi connectivity index (χ3n) is 4.73. The van der Waals surface area contributed by atoms with Crippen LogP contribution in [0.1, 0.15) is 16.7 Å². The Morgan fingerprint density at radius 3 is 2.52 bits per heavy atom. The zero-order valence-electron chi connectivity index (χ0n) is 13.9. The summed E-state index contributed by atoms with van der Waals surface area (Å²) < 4.78 is 5.14. The lowest BCUT2D eigenvalue weighted by Gasteiger charge is -2.39. The third kappa shape index (κ3) is 2.78. The molecule has 1 saturated heterocycles. The number of amides is 2. The molecule has 25 heavy (non-hydrogen) atoms. The second-order valence-corrected chi connectivity index (χ2v) is 6.24. The number of carbonyl (C=O) groups is 2. The fourth-order valence-electron chi connectivity index (χ4n) is 3.36. The van der Waals surface area contributed by atoms with Crippen LogP contribution in [0.2, 0.25) is 0 Å². The number of nitrogens with one attached hydrogen (secondary N) is 1. The van der Waals surface area contributed by atoms with Crippen LogP contribution >= 0.6 is 0 Å². The van der Waals surface area contributed by atoms with Gasteiger partial charge in [0.05, 0.1) is 7.11 Å². The van der Waals surface area contributed by atoms with Crippen molar-refractivity contribution in [3.63, 3.8) is 0 Å². The predicted molar refractivity (Wildman–Crippen MR) is 93.6 cm³/mol. The highest BCUT2D eigenvalue weighted by Gasteiger charge is 2.40. The molecule has 126 valence electrons. The van der Waals surface area contributed by atoms with Gasteiger partial charge in [-0.3, -0.25) is 9.59 Å². The molecule has 0 unspecified atom stereocenters. The highest BCUT2D eigenvalue weighted by atomic mass is 16.5. The number of rotatable bonds is 2. The maximum atomic E-state index is 12.9. The predicted octanol–water partition coefficient (Wildman–Crippen LogP) is 2.12. The van der Waals surface area contributed by atoms with Crippen molar-refractivity contribution >= 4 is 17.9 Å². The van der Waals surface area contributed by atoms with Gasteiger partial charge in [0.1, 0.15) is 17.5 Å². The lowest BCUT2D eigenvalue weighted by Crippen LogP contribution is -2.58. The van der Waals surface area contributed by atoms with Gasteiger partial charge in [0.2, 0.25) is 5.91 Å². The van der Waals surface area contributed by atoms with E-state index in [1.165, 1.54) is 0 Å². The molecule has 0 radical (unpaired) electrons. The molecule has 2 aliphatic rings. The van der Waals surface area contributed by atoms with Crippen molar-refractivity contribution in [3.05, 3.63) is 70.9 Å². The largest absolute Gasteiger partial charge is 0.497 e. The number of piperazine rings is 1. The Morgan fingerprint density at radius 2 is 1.80 bits per heavy atom. The van der Waals surface area contributed by atoms with E-state index in [1.807, 2.05) is 48.5 Å². The van der Waals surface area contributed by atoms with Crippen molar-refractivity contribution in [2.24, 2.45) is 0 Å². The van der Waals surface area contributed by atoms with Crippen molar-refractivity contribution < 1.29 is 14.3 Å². The minimum absolute atomic E-state index is 0.131. The van der Waals surface area contributed by atoms with Gasteiger partial charge in [0.15, 0.2) is 0 Å². The van der Waals surface area contributed by atoms with Crippen molar-refractivity contribution in [3.8, 4) is 5.75 Å². The molecule has 1 fully saturated rings. The van der Waals surface area contributed by atoms with Gasteiger partial charge in [-0.15, -0.1) is 0 Å². The number of fused-ring (bicyclic) bond motifs is 2. The van der Waals surface area contributed by atoms with Crippen molar-refractivity contribution in [2.45, 2.75) is 19.0 Å². The van der Waals surface area contributed by atoms with E-state index in [0.717, 1.165) is 22.4 Å². The summed E-state index contributed by atoms with van der Waals surface area (Å²) in [6.45, 7) is 0.465. The first kappa shape index (κ1) is 15.4. The molecule has 4 rings (SSSR count). The highest BCUT2D eigenvalue weighted by molar-refractivity contribution is 6.07. The molecule has 0 saturated carbocycles. The first-order valence-corrected chi connectivity index (χ1v) is 8.20. The van der Waals surface area contributed by atoms with Crippen LogP contribution in [0.25, 0.3) is 6.08 Å². The Kier molecular flexibility index (Phi) is 3.76. The molecule has 0 aromatic heterocycles. The van der Waals surface area contributed by atoms with E-state index in [-0.39, 0.29) is 11.8 Å². The summed E-state index contributed by atoms with van der Waals surface area (Å²) in [7, 11) is 1.60. The number of hydrogen-bond donors (Lipinski definition) is 1. The summed E-state index contributed by atoms with van der Waals surface area (Å²) in [6.07, 6.45) is 2.26. The molecule has 5 heteroatoms. The minimum atomic E-state index is -0.435. The molecule has 0 aliphatic carbocycles. The molecule has 0 bridgehead atoms. The summed E-state index contributed by atoms with van der Waals surface area (Å²) in [5.41, 5.74) is 3.38. The van der Waals surface area contributed by atoms with Gasteiger partial charge in [-0.25, -0.2) is 0 Å². The van der Waals surface area contributed by atoms with Crippen LogP contribution in [0.5, 0.6) is 5.75 Å². The van der Waals surface area contributed by atoms with Gasteiger partial charge in [-0.05, 0) is 34.9 Å². The summed E-state index contributed by atoms with van der Waals surface area (Å²) in [6, 6.07) is 14.9. The average Bonchev–Trinajstić information content (AvgIpc) is 2.65. The van der Waals surface area contributed by atoms with Crippen LogP contribution in [0.3, 0.4) is 0 Å². The molecule has 1 N–H and O–H groups in total. The Balaban J connectivity index is 1.64. The van der Waals surface area contributed by atoms with E-state index in [2.05, 4.69) is 5.32 Å². The van der Waals surface area contributed by atoms with Gasteiger partial charge in [-0.2, -0.15) is 0 Å². The van der Waals surface area contributed by atoms with Gasteiger partial charge in [-0.1, -0.05) is 36.4 Å². The number of benzene rings is 2. The topological polar surface area (TPSA) is 58.6 Å². The van der Waals surface area contributed by atoms with Crippen molar-refractivity contribution in [1.29, 1.82) is 0 Å². The molecule has 0 spiro atoms. The standard InChI is InChI=1S/C20H18N2O3/c1-25-16-8-6-13(7-9-16)10-17-20(24)22-12-15-5-3-2-4-14(15)11-18(22)19(23)21-17/h2-10,18H,11-12H2,1H3,(H,21,23)/b17-10-/t18-/m0/s1. The summed E-state index contributed by atoms with van der Waals surface area (Å²) >= 11 is 0. The van der Waals surface area contributed by atoms with Gasteiger partial charge in [0.25, 0.3) is 5.91 Å². The van der Waals surface area contributed by atoms with E-state index in [9.17, 15) is 9.59 Å². The quantitative estimate of drug-likeness (QED) is 0.856. The Bertz CT molecular complexity index is 871. The van der Waals surface area contributed by atoms with E-state index in [1.54, 1.807) is 18.1 Å². The number of nitrogens with zero attached hydrogens (tertiary/aromatic N) is 1. The Hall–Kier alpha value is -3.08. The summed E-state index contributed by atoms with van der Waals surface area (Å²) in [4.78, 5) is 27.0. The smallest absolute Gasteiger partial charge is 0.271 e. The van der Waals surface area contributed by atoms with Crippen LogP contribution in [0.4, 0.5) is 0 Å². The first-order chi connectivity index (χ1) is 12.2. The molecule has 2 aromatic rings. The monoisotopic (exact) mass is 334 g/mol. The molecular formula is C20H18N2O3. The van der Waals surface area contributed by atoms with E-state index < -0.39 is 6.04 Å². The van der Waals surface area contributed by atoms with E-state index >= 15 is 0 Å². The Labute approximate surface area is 145 Å². The van der Waals surface area contributed by atoms with E-state index in [0.29, 0.717) is 18.7 Å². The maximum absolute atomic E-state index is 12.9. The minimum Gasteiger partial charge on any atom is -0.497 e. The lowest BCUT2D eigenvalue weighted by atomic mass is 9.91. The van der Waals surface area contributed by atoms with E-state index in [4.69, 9.17) is 4.74 Å². The fourth-order valence-corrected chi connectivity index (χ4v) is 3.36. The van der Waals surface area contributed by atoms with Crippen LogP contribution in [0, 0.1) is 0 Å². The van der Waals surface area contributed by atoms with Crippen LogP contribution in [-0.4, -0.2) is 29.9 Å². The second kappa shape index (κ2) is 6.09. The van der Waals surface area contributed by atoms with Crippen molar-refractivity contribution in [2.75, 3.05) is 7.11 Å². The first-order valence-electron chi connectivity index (χ1n) is 8.20. The fraction of sp³-hybridized carbons (Fsp3) is 0.200. The molecule has 2 aromatic carbocycles. The van der Waals surface area contributed by atoms with Crippen LogP contribution < -0.4 is 10.1 Å². The normalized spacial score (nSPS) is 20.8. The molecule has 2 heterocycles. The Morgan fingerprint density at radius 1 is 1.08 bits per heavy atom. The summed E-state index contributed by atoms with van der Waals surface area (Å²) in [5, 5.41) is 2.77. The van der Waals surface area contributed by atoms with Crippen molar-refractivity contribution in [1.82, 2.24) is 10.2 Å². The molecular weight excluding hydrogens is 316 g/mol. The van der Waals surface area contributed by atoms with Gasteiger partial charge < -0.3 is 15.0 Å². The lowest BCUT2D eigenvalue weighted by molar-refractivity contribution is -0.143. The summed E-state index contributed by atoms with van der Waals surface area (Å²) in [5.74, 6) is 0.470. The average molecular weight is 334 g/mol. The SMILES string of the molecule is COc1ccc(/C=C2\NC(=O)[C@@H]3Cc4ccccc4CN3C2=O)cc1. The maximum Gasteiger partial charge on any atom is 0.271 e. The second-order valence-electron chi connectivity index (χ2n) is 6.24. The molecule has 5 nitrogen and oxygen atoms in total. The highest BCUT2D eigenvalue weighted by Crippen LogP contribution is 2.27. The van der Waals surface area contributed by atoms with Gasteiger partial charge in [0, 0.05) is 13.0 Å². The molecule has 2 amide bonds. The molecule has 1 atom stereocenters.